The van der Waals surface area contributed by atoms with Gasteiger partial charge in [-0.1, -0.05) is 12.8 Å². The third-order valence-electron chi connectivity index (χ3n) is 2.83. The highest BCUT2D eigenvalue weighted by atomic mass is 79.9. The largest absolute Gasteiger partial charge is 0.390 e. The average molecular weight is 256 g/mol. The number of nitrogens with zero attached hydrogens (tertiary/aromatic N) is 1. The second-order valence-corrected chi connectivity index (χ2v) is 5.04. The van der Waals surface area contributed by atoms with Gasteiger partial charge in [0.1, 0.15) is 0 Å². The van der Waals surface area contributed by atoms with E-state index < -0.39 is 5.60 Å². The normalized spacial score (nSPS) is 19.9. The van der Waals surface area contributed by atoms with Crippen LogP contribution in [0.15, 0.2) is 22.9 Å². The van der Waals surface area contributed by atoms with Crippen molar-refractivity contribution in [3.63, 3.8) is 0 Å². The summed E-state index contributed by atoms with van der Waals surface area (Å²) in [4.78, 5) is 4.10. The Hall–Kier alpha value is -0.410. The number of pyridine rings is 1. The first-order valence-corrected chi connectivity index (χ1v) is 5.79. The molecule has 2 nitrogen and oxygen atoms in total. The minimum atomic E-state index is -0.470. The van der Waals surface area contributed by atoms with Gasteiger partial charge in [0.25, 0.3) is 0 Å². The number of aromatic nitrogens is 1. The van der Waals surface area contributed by atoms with Crippen molar-refractivity contribution in [3.05, 3.63) is 28.5 Å². The molecule has 0 saturated heterocycles. The van der Waals surface area contributed by atoms with Gasteiger partial charge in [-0.05, 0) is 40.4 Å². The molecule has 3 heteroatoms. The van der Waals surface area contributed by atoms with E-state index in [0.29, 0.717) is 0 Å². The maximum atomic E-state index is 10.2. The fourth-order valence-electron chi connectivity index (χ4n) is 2.14. The molecule has 0 radical (unpaired) electrons. The molecule has 0 aliphatic heterocycles. The number of hydrogen-bond donors (Lipinski definition) is 1. The van der Waals surface area contributed by atoms with Crippen molar-refractivity contribution in [1.29, 1.82) is 0 Å². The van der Waals surface area contributed by atoms with Crippen molar-refractivity contribution in [2.45, 2.75) is 37.7 Å². The van der Waals surface area contributed by atoms with Gasteiger partial charge in [-0.3, -0.25) is 4.98 Å². The Kier molecular flexibility index (Phi) is 2.88. The summed E-state index contributed by atoms with van der Waals surface area (Å²) in [7, 11) is 0. The molecule has 0 bridgehead atoms. The molecule has 14 heavy (non-hydrogen) atoms. The van der Waals surface area contributed by atoms with Crippen LogP contribution in [0.2, 0.25) is 0 Å². The Morgan fingerprint density at radius 2 is 2.07 bits per heavy atom. The molecular weight excluding hydrogens is 242 g/mol. The van der Waals surface area contributed by atoms with Crippen LogP contribution in [-0.2, 0) is 6.42 Å². The van der Waals surface area contributed by atoms with E-state index in [1.807, 2.05) is 12.3 Å². The second-order valence-electron chi connectivity index (χ2n) is 4.12. The van der Waals surface area contributed by atoms with Crippen LogP contribution in [0.3, 0.4) is 0 Å². The first kappa shape index (κ1) is 10.1. The lowest BCUT2D eigenvalue weighted by Crippen LogP contribution is -2.27. The van der Waals surface area contributed by atoms with E-state index in [-0.39, 0.29) is 0 Å². The number of halogens is 1. The quantitative estimate of drug-likeness (QED) is 0.882. The van der Waals surface area contributed by atoms with Crippen molar-refractivity contribution in [2.75, 3.05) is 0 Å². The minimum absolute atomic E-state index is 0.470. The number of hydrogen-bond acceptors (Lipinski definition) is 2. The highest BCUT2D eigenvalue weighted by Crippen LogP contribution is 2.32. The molecule has 1 saturated carbocycles. The Labute approximate surface area is 92.5 Å². The van der Waals surface area contributed by atoms with Crippen LogP contribution < -0.4 is 0 Å². The second kappa shape index (κ2) is 3.99. The van der Waals surface area contributed by atoms with Crippen LogP contribution in [0, 0.1) is 0 Å². The van der Waals surface area contributed by atoms with Crippen molar-refractivity contribution >= 4 is 15.9 Å². The predicted octanol–water partition coefficient (Wildman–Crippen LogP) is 2.69. The van der Waals surface area contributed by atoms with E-state index in [2.05, 4.69) is 20.9 Å². The lowest BCUT2D eigenvalue weighted by atomic mass is 9.94. The summed E-state index contributed by atoms with van der Waals surface area (Å²) in [5.74, 6) is 0. The van der Waals surface area contributed by atoms with Gasteiger partial charge < -0.3 is 5.11 Å². The van der Waals surface area contributed by atoms with Gasteiger partial charge in [0.05, 0.1) is 5.60 Å². The Bertz CT molecular complexity index is 321. The maximum absolute atomic E-state index is 10.2. The smallest absolute Gasteiger partial charge is 0.0688 e. The predicted molar refractivity (Wildman–Crippen MR) is 59.1 cm³/mol. The molecule has 1 aliphatic rings. The Balaban J connectivity index is 2.10. The molecule has 1 aromatic heterocycles. The zero-order valence-electron chi connectivity index (χ0n) is 8.04. The first-order valence-electron chi connectivity index (χ1n) is 5.00. The number of aliphatic hydroxyl groups is 1. The summed E-state index contributed by atoms with van der Waals surface area (Å²) in [5.41, 5.74) is 0.645. The summed E-state index contributed by atoms with van der Waals surface area (Å²) >= 11 is 3.39. The molecule has 0 amide bonds. The van der Waals surface area contributed by atoms with Gasteiger partial charge in [-0.2, -0.15) is 0 Å². The van der Waals surface area contributed by atoms with Crippen molar-refractivity contribution < 1.29 is 5.11 Å². The van der Waals surface area contributed by atoms with E-state index in [0.717, 1.165) is 42.1 Å². The molecular formula is C11H14BrNO. The third kappa shape index (κ3) is 2.34. The minimum Gasteiger partial charge on any atom is -0.390 e. The lowest BCUT2D eigenvalue weighted by Gasteiger charge is -2.21. The fourth-order valence-corrected chi connectivity index (χ4v) is 2.55. The molecule has 2 rings (SSSR count). The molecule has 1 aromatic rings. The topological polar surface area (TPSA) is 33.1 Å². The zero-order chi connectivity index (χ0) is 10.0. The standard InChI is InChI=1S/C11H14BrNO/c12-10-5-9(7-13-8-10)6-11(14)3-1-2-4-11/h5,7-8,14H,1-4,6H2. The van der Waals surface area contributed by atoms with Crippen LogP contribution in [0.4, 0.5) is 0 Å². The Morgan fingerprint density at radius 3 is 2.71 bits per heavy atom. The van der Waals surface area contributed by atoms with Gasteiger partial charge in [0, 0.05) is 23.3 Å². The summed E-state index contributed by atoms with van der Waals surface area (Å²) in [5, 5.41) is 10.2. The molecule has 1 heterocycles. The summed E-state index contributed by atoms with van der Waals surface area (Å²) < 4.78 is 0.983. The summed E-state index contributed by atoms with van der Waals surface area (Å²) in [6.07, 6.45) is 8.50. The maximum Gasteiger partial charge on any atom is 0.0688 e. The Morgan fingerprint density at radius 1 is 1.36 bits per heavy atom. The van der Waals surface area contributed by atoms with Gasteiger partial charge in [0.15, 0.2) is 0 Å². The van der Waals surface area contributed by atoms with Crippen LogP contribution in [0.1, 0.15) is 31.2 Å². The van der Waals surface area contributed by atoms with E-state index in [4.69, 9.17) is 0 Å². The fraction of sp³-hybridized carbons (Fsp3) is 0.545. The molecule has 0 aromatic carbocycles. The van der Waals surface area contributed by atoms with Crippen molar-refractivity contribution in [2.24, 2.45) is 0 Å². The van der Waals surface area contributed by atoms with Crippen LogP contribution >= 0.6 is 15.9 Å². The molecule has 0 spiro atoms. The third-order valence-corrected chi connectivity index (χ3v) is 3.26. The lowest BCUT2D eigenvalue weighted by molar-refractivity contribution is 0.0481. The SMILES string of the molecule is OC1(Cc2cncc(Br)c2)CCCC1. The number of rotatable bonds is 2. The zero-order valence-corrected chi connectivity index (χ0v) is 9.63. The highest BCUT2D eigenvalue weighted by molar-refractivity contribution is 9.10. The van der Waals surface area contributed by atoms with Gasteiger partial charge >= 0.3 is 0 Å². The molecule has 0 atom stereocenters. The molecule has 1 fully saturated rings. The van der Waals surface area contributed by atoms with E-state index >= 15 is 0 Å². The molecule has 76 valence electrons. The monoisotopic (exact) mass is 255 g/mol. The van der Waals surface area contributed by atoms with Crippen LogP contribution in [0.5, 0.6) is 0 Å². The van der Waals surface area contributed by atoms with Crippen LogP contribution in [0.25, 0.3) is 0 Å². The highest BCUT2D eigenvalue weighted by Gasteiger charge is 2.31. The van der Waals surface area contributed by atoms with Gasteiger partial charge in [-0.25, -0.2) is 0 Å². The summed E-state index contributed by atoms with van der Waals surface area (Å²) in [6, 6.07) is 2.03. The van der Waals surface area contributed by atoms with Crippen LogP contribution in [-0.4, -0.2) is 15.7 Å². The molecule has 0 unspecified atom stereocenters. The summed E-state index contributed by atoms with van der Waals surface area (Å²) in [6.45, 7) is 0. The van der Waals surface area contributed by atoms with E-state index in [1.165, 1.54) is 0 Å². The van der Waals surface area contributed by atoms with Gasteiger partial charge in [0.2, 0.25) is 0 Å². The van der Waals surface area contributed by atoms with E-state index in [1.54, 1.807) is 6.20 Å². The van der Waals surface area contributed by atoms with Crippen molar-refractivity contribution in [3.8, 4) is 0 Å². The molecule has 1 aliphatic carbocycles. The molecule has 1 N–H and O–H groups in total. The average Bonchev–Trinajstić information content (AvgIpc) is 2.51. The van der Waals surface area contributed by atoms with Crippen molar-refractivity contribution in [1.82, 2.24) is 4.98 Å². The van der Waals surface area contributed by atoms with Gasteiger partial charge in [-0.15, -0.1) is 0 Å². The first-order chi connectivity index (χ1) is 6.68. The van der Waals surface area contributed by atoms with E-state index in [9.17, 15) is 5.11 Å².